The standard InChI is InChI=1S/C9H14O/c1-7(2)8(3)9-5-4-6-10-9/h4-8H,1-3H3/t8-/m1/s1. The van der Waals surface area contributed by atoms with Gasteiger partial charge in [-0.05, 0) is 18.1 Å². The van der Waals surface area contributed by atoms with Crippen molar-refractivity contribution in [3.05, 3.63) is 24.2 Å². The van der Waals surface area contributed by atoms with Crippen molar-refractivity contribution < 1.29 is 4.42 Å². The quantitative estimate of drug-likeness (QED) is 0.612. The molecule has 0 aliphatic carbocycles. The average Bonchev–Trinajstić information content (AvgIpc) is 2.36. The van der Waals surface area contributed by atoms with Crippen LogP contribution in [0.1, 0.15) is 32.4 Å². The average molecular weight is 138 g/mol. The maximum Gasteiger partial charge on any atom is 0.106 e. The van der Waals surface area contributed by atoms with Crippen molar-refractivity contribution in [1.29, 1.82) is 0 Å². The van der Waals surface area contributed by atoms with Crippen LogP contribution in [0.2, 0.25) is 0 Å². The van der Waals surface area contributed by atoms with Crippen molar-refractivity contribution in [2.45, 2.75) is 26.7 Å². The first-order valence-corrected chi connectivity index (χ1v) is 3.75. The molecule has 1 heterocycles. The van der Waals surface area contributed by atoms with E-state index in [0.717, 1.165) is 5.76 Å². The highest BCUT2D eigenvalue weighted by Gasteiger charge is 2.11. The molecule has 1 aromatic rings. The fraction of sp³-hybridized carbons (Fsp3) is 0.556. The third kappa shape index (κ3) is 1.41. The Kier molecular flexibility index (Phi) is 2.15. The third-order valence-corrected chi connectivity index (χ3v) is 1.99. The second-order valence-electron chi connectivity index (χ2n) is 3.05. The zero-order valence-corrected chi connectivity index (χ0v) is 6.79. The van der Waals surface area contributed by atoms with Gasteiger partial charge in [-0.3, -0.25) is 0 Å². The van der Waals surface area contributed by atoms with Crippen molar-refractivity contribution in [2.75, 3.05) is 0 Å². The first-order valence-electron chi connectivity index (χ1n) is 3.75. The van der Waals surface area contributed by atoms with Crippen molar-refractivity contribution >= 4 is 0 Å². The molecule has 0 aromatic carbocycles. The molecule has 0 radical (unpaired) electrons. The van der Waals surface area contributed by atoms with E-state index < -0.39 is 0 Å². The molecule has 0 saturated carbocycles. The molecule has 0 amide bonds. The topological polar surface area (TPSA) is 13.1 Å². The summed E-state index contributed by atoms with van der Waals surface area (Å²) in [6.07, 6.45) is 1.73. The Labute approximate surface area is 62.1 Å². The third-order valence-electron chi connectivity index (χ3n) is 1.99. The van der Waals surface area contributed by atoms with Gasteiger partial charge in [0.15, 0.2) is 0 Å². The van der Waals surface area contributed by atoms with Crippen LogP contribution < -0.4 is 0 Å². The van der Waals surface area contributed by atoms with Gasteiger partial charge in [0.1, 0.15) is 5.76 Å². The lowest BCUT2D eigenvalue weighted by Gasteiger charge is -2.11. The minimum absolute atomic E-state index is 0.537. The lowest BCUT2D eigenvalue weighted by atomic mass is 9.96. The molecule has 0 spiro atoms. The number of hydrogen-bond donors (Lipinski definition) is 0. The minimum Gasteiger partial charge on any atom is -0.469 e. The molecular weight excluding hydrogens is 124 g/mol. The van der Waals surface area contributed by atoms with E-state index in [1.165, 1.54) is 0 Å². The zero-order chi connectivity index (χ0) is 7.56. The van der Waals surface area contributed by atoms with Crippen LogP contribution in [0.3, 0.4) is 0 Å². The molecule has 1 atom stereocenters. The van der Waals surface area contributed by atoms with E-state index in [1.54, 1.807) is 6.26 Å². The van der Waals surface area contributed by atoms with Gasteiger partial charge < -0.3 is 4.42 Å². The van der Waals surface area contributed by atoms with E-state index in [4.69, 9.17) is 4.42 Å². The Morgan fingerprint density at radius 3 is 2.40 bits per heavy atom. The van der Waals surface area contributed by atoms with E-state index in [-0.39, 0.29) is 0 Å². The van der Waals surface area contributed by atoms with Crippen LogP contribution in [-0.4, -0.2) is 0 Å². The van der Waals surface area contributed by atoms with Gasteiger partial charge in [-0.1, -0.05) is 20.8 Å². The summed E-state index contributed by atoms with van der Waals surface area (Å²) in [6.45, 7) is 6.59. The fourth-order valence-corrected chi connectivity index (χ4v) is 0.879. The van der Waals surface area contributed by atoms with Crippen LogP contribution in [0.4, 0.5) is 0 Å². The molecule has 0 saturated heterocycles. The number of rotatable bonds is 2. The van der Waals surface area contributed by atoms with Crippen LogP contribution in [0, 0.1) is 5.92 Å². The normalized spacial score (nSPS) is 14.0. The van der Waals surface area contributed by atoms with Gasteiger partial charge in [0.2, 0.25) is 0 Å². The van der Waals surface area contributed by atoms with Gasteiger partial charge in [0, 0.05) is 5.92 Å². The molecule has 56 valence electrons. The lowest BCUT2D eigenvalue weighted by molar-refractivity contribution is 0.414. The summed E-state index contributed by atoms with van der Waals surface area (Å²) < 4.78 is 5.26. The summed E-state index contributed by atoms with van der Waals surface area (Å²) in [5.74, 6) is 2.29. The molecular formula is C9H14O. The van der Waals surface area contributed by atoms with Crippen molar-refractivity contribution in [3.63, 3.8) is 0 Å². The van der Waals surface area contributed by atoms with Crippen LogP contribution in [0.25, 0.3) is 0 Å². The molecule has 0 aliphatic rings. The summed E-state index contributed by atoms with van der Waals surface area (Å²) in [5.41, 5.74) is 0. The van der Waals surface area contributed by atoms with Gasteiger partial charge in [-0.15, -0.1) is 0 Å². The van der Waals surface area contributed by atoms with Crippen LogP contribution in [0.5, 0.6) is 0 Å². The molecule has 10 heavy (non-hydrogen) atoms. The molecule has 0 aliphatic heterocycles. The van der Waals surface area contributed by atoms with Crippen LogP contribution >= 0.6 is 0 Å². The van der Waals surface area contributed by atoms with Gasteiger partial charge in [-0.25, -0.2) is 0 Å². The van der Waals surface area contributed by atoms with Crippen LogP contribution in [-0.2, 0) is 0 Å². The first kappa shape index (κ1) is 7.39. The molecule has 1 aromatic heterocycles. The van der Waals surface area contributed by atoms with E-state index in [2.05, 4.69) is 20.8 Å². The predicted molar refractivity (Wildman–Crippen MR) is 42.0 cm³/mol. The van der Waals surface area contributed by atoms with Gasteiger partial charge >= 0.3 is 0 Å². The largest absolute Gasteiger partial charge is 0.469 e. The predicted octanol–water partition coefficient (Wildman–Crippen LogP) is 3.04. The second kappa shape index (κ2) is 2.91. The molecule has 1 rings (SSSR count). The highest BCUT2D eigenvalue weighted by molar-refractivity contribution is 5.04. The Bertz CT molecular complexity index is 175. The van der Waals surface area contributed by atoms with E-state index in [0.29, 0.717) is 11.8 Å². The first-order chi connectivity index (χ1) is 4.72. The lowest BCUT2D eigenvalue weighted by Crippen LogP contribution is -1.99. The molecule has 0 fully saturated rings. The summed E-state index contributed by atoms with van der Waals surface area (Å²) in [4.78, 5) is 0. The minimum atomic E-state index is 0.537. The molecule has 1 nitrogen and oxygen atoms in total. The SMILES string of the molecule is CC(C)[C@@H](C)c1ccco1. The molecule has 0 bridgehead atoms. The summed E-state index contributed by atoms with van der Waals surface area (Å²) in [7, 11) is 0. The Balaban J connectivity index is 2.68. The second-order valence-corrected chi connectivity index (χ2v) is 3.05. The Morgan fingerprint density at radius 1 is 1.30 bits per heavy atom. The van der Waals surface area contributed by atoms with Crippen molar-refractivity contribution in [2.24, 2.45) is 5.92 Å². The molecule has 1 heteroatoms. The highest BCUT2D eigenvalue weighted by atomic mass is 16.3. The van der Waals surface area contributed by atoms with Crippen molar-refractivity contribution in [1.82, 2.24) is 0 Å². The van der Waals surface area contributed by atoms with Gasteiger partial charge in [0.25, 0.3) is 0 Å². The maximum atomic E-state index is 5.26. The number of hydrogen-bond acceptors (Lipinski definition) is 1. The molecule has 0 N–H and O–H groups in total. The summed E-state index contributed by atoms with van der Waals surface area (Å²) in [5, 5.41) is 0. The monoisotopic (exact) mass is 138 g/mol. The van der Waals surface area contributed by atoms with E-state index in [9.17, 15) is 0 Å². The van der Waals surface area contributed by atoms with Crippen molar-refractivity contribution in [3.8, 4) is 0 Å². The smallest absolute Gasteiger partial charge is 0.106 e. The van der Waals surface area contributed by atoms with Gasteiger partial charge in [-0.2, -0.15) is 0 Å². The van der Waals surface area contributed by atoms with Crippen LogP contribution in [0.15, 0.2) is 22.8 Å². The Morgan fingerprint density at radius 2 is 2.00 bits per heavy atom. The maximum absolute atomic E-state index is 5.26. The zero-order valence-electron chi connectivity index (χ0n) is 6.79. The fourth-order valence-electron chi connectivity index (χ4n) is 0.879. The summed E-state index contributed by atoms with van der Waals surface area (Å²) >= 11 is 0. The molecule has 0 unspecified atom stereocenters. The van der Waals surface area contributed by atoms with E-state index >= 15 is 0 Å². The van der Waals surface area contributed by atoms with E-state index in [1.807, 2.05) is 12.1 Å². The number of furan rings is 1. The summed E-state index contributed by atoms with van der Waals surface area (Å²) in [6, 6.07) is 3.97. The Hall–Kier alpha value is -0.720. The van der Waals surface area contributed by atoms with Gasteiger partial charge in [0.05, 0.1) is 6.26 Å². The highest BCUT2D eigenvalue weighted by Crippen LogP contribution is 2.23.